The molecule has 3 aromatic rings. The van der Waals surface area contributed by atoms with Gasteiger partial charge in [0, 0.05) is 16.5 Å². The van der Waals surface area contributed by atoms with E-state index in [-0.39, 0.29) is 5.56 Å². The van der Waals surface area contributed by atoms with Gasteiger partial charge in [0.2, 0.25) is 0 Å². The first kappa shape index (κ1) is 12.7. The molecule has 2 aromatic carbocycles. The summed E-state index contributed by atoms with van der Waals surface area (Å²) in [7, 11) is 0. The van der Waals surface area contributed by atoms with Crippen LogP contribution in [0.4, 0.5) is 0 Å². The topological polar surface area (TPSA) is 32.9 Å². The number of aromatic nitrogens is 1. The molecule has 100 valence electrons. The zero-order valence-corrected chi connectivity index (χ0v) is 11.9. The van der Waals surface area contributed by atoms with E-state index < -0.39 is 0 Å². The number of nitrogens with one attached hydrogen (secondary N) is 1. The molecule has 0 aliphatic heterocycles. The van der Waals surface area contributed by atoms with Crippen LogP contribution in [0.5, 0.6) is 0 Å². The van der Waals surface area contributed by atoms with E-state index in [1.54, 1.807) is 0 Å². The Hall–Kier alpha value is -2.35. The smallest absolute Gasteiger partial charge is 0.256 e. The van der Waals surface area contributed by atoms with Gasteiger partial charge in [-0.15, -0.1) is 0 Å². The van der Waals surface area contributed by atoms with Crippen LogP contribution in [0.2, 0.25) is 0 Å². The molecule has 0 amide bonds. The zero-order valence-electron chi connectivity index (χ0n) is 11.9. The maximum absolute atomic E-state index is 12.3. The molecule has 1 N–H and O–H groups in total. The van der Waals surface area contributed by atoms with Crippen molar-refractivity contribution >= 4 is 10.9 Å². The van der Waals surface area contributed by atoms with Gasteiger partial charge in [0.15, 0.2) is 0 Å². The van der Waals surface area contributed by atoms with Crippen LogP contribution in [-0.4, -0.2) is 4.98 Å². The third kappa shape index (κ3) is 2.14. The lowest BCUT2D eigenvalue weighted by molar-refractivity contribution is 1.28. The van der Waals surface area contributed by atoms with Crippen molar-refractivity contribution in [2.75, 3.05) is 0 Å². The largest absolute Gasteiger partial charge is 0.321 e. The number of pyridine rings is 1. The van der Waals surface area contributed by atoms with Crippen LogP contribution in [0.25, 0.3) is 22.0 Å². The molecule has 0 bridgehead atoms. The fraction of sp³-hybridized carbons (Fsp3) is 0.167. The maximum Gasteiger partial charge on any atom is 0.256 e. The second kappa shape index (κ2) is 4.64. The van der Waals surface area contributed by atoms with E-state index in [2.05, 4.69) is 18.0 Å². The molecule has 0 aliphatic rings. The molecule has 2 heteroatoms. The van der Waals surface area contributed by atoms with Crippen molar-refractivity contribution in [3.63, 3.8) is 0 Å². The highest BCUT2D eigenvalue weighted by atomic mass is 16.1. The van der Waals surface area contributed by atoms with Crippen LogP contribution >= 0.6 is 0 Å². The van der Waals surface area contributed by atoms with Crippen molar-refractivity contribution in [3.05, 3.63) is 69.5 Å². The van der Waals surface area contributed by atoms with Gasteiger partial charge >= 0.3 is 0 Å². The van der Waals surface area contributed by atoms with Crippen molar-refractivity contribution in [1.29, 1.82) is 0 Å². The molecule has 1 aromatic heterocycles. The molecular weight excluding hydrogens is 246 g/mol. The molecule has 3 rings (SSSR count). The average molecular weight is 263 g/mol. The Kier molecular flexibility index (Phi) is 2.94. The number of fused-ring (bicyclic) bond motifs is 1. The molecule has 0 aliphatic carbocycles. The molecule has 1 heterocycles. The van der Waals surface area contributed by atoms with Gasteiger partial charge in [-0.05, 0) is 49.6 Å². The summed E-state index contributed by atoms with van der Waals surface area (Å²) >= 11 is 0. The predicted molar refractivity (Wildman–Crippen MR) is 84.2 cm³/mol. The van der Waals surface area contributed by atoms with Crippen molar-refractivity contribution in [3.8, 4) is 11.1 Å². The summed E-state index contributed by atoms with van der Waals surface area (Å²) in [6.07, 6.45) is 0. The summed E-state index contributed by atoms with van der Waals surface area (Å²) in [4.78, 5) is 15.3. The fourth-order valence-electron chi connectivity index (χ4n) is 2.62. The second-order valence-electron chi connectivity index (χ2n) is 5.42. The van der Waals surface area contributed by atoms with Gasteiger partial charge in [0.05, 0.1) is 0 Å². The van der Waals surface area contributed by atoms with Crippen LogP contribution in [0, 0.1) is 20.8 Å². The molecule has 0 unspecified atom stereocenters. The Morgan fingerprint density at radius 1 is 0.850 bits per heavy atom. The van der Waals surface area contributed by atoms with E-state index in [0.29, 0.717) is 0 Å². The highest BCUT2D eigenvalue weighted by molar-refractivity contribution is 5.86. The SMILES string of the molecule is Cc1ccc(-c2cc3c(C)cc(C)cc3[nH]c2=O)cc1. The highest BCUT2D eigenvalue weighted by Crippen LogP contribution is 2.23. The Labute approximate surface area is 118 Å². The molecule has 0 saturated heterocycles. The van der Waals surface area contributed by atoms with E-state index in [1.807, 2.05) is 50.2 Å². The summed E-state index contributed by atoms with van der Waals surface area (Å²) < 4.78 is 0. The first-order valence-corrected chi connectivity index (χ1v) is 6.76. The van der Waals surface area contributed by atoms with E-state index in [0.717, 1.165) is 27.6 Å². The molecule has 0 radical (unpaired) electrons. The Bertz CT molecular complexity index is 842. The molecule has 0 fully saturated rings. The molecule has 0 saturated carbocycles. The Morgan fingerprint density at radius 2 is 1.55 bits per heavy atom. The van der Waals surface area contributed by atoms with Crippen molar-refractivity contribution in [1.82, 2.24) is 4.98 Å². The minimum absolute atomic E-state index is 0.0358. The summed E-state index contributed by atoms with van der Waals surface area (Å²) in [5, 5.41) is 1.10. The average Bonchev–Trinajstić information content (AvgIpc) is 2.39. The van der Waals surface area contributed by atoms with Crippen LogP contribution in [-0.2, 0) is 0 Å². The predicted octanol–water partition coefficient (Wildman–Crippen LogP) is 4.12. The fourth-order valence-corrected chi connectivity index (χ4v) is 2.62. The lowest BCUT2D eigenvalue weighted by Crippen LogP contribution is -2.09. The number of H-pyrrole nitrogens is 1. The van der Waals surface area contributed by atoms with Gasteiger partial charge in [-0.3, -0.25) is 4.79 Å². The minimum atomic E-state index is -0.0358. The van der Waals surface area contributed by atoms with Gasteiger partial charge < -0.3 is 4.98 Å². The van der Waals surface area contributed by atoms with Crippen LogP contribution in [0.3, 0.4) is 0 Å². The highest BCUT2D eigenvalue weighted by Gasteiger charge is 2.07. The molecule has 0 spiro atoms. The number of aryl methyl sites for hydroxylation is 3. The van der Waals surface area contributed by atoms with Gasteiger partial charge in [0.25, 0.3) is 5.56 Å². The third-order valence-corrected chi connectivity index (χ3v) is 3.68. The van der Waals surface area contributed by atoms with Crippen LogP contribution in [0.1, 0.15) is 16.7 Å². The summed E-state index contributed by atoms with van der Waals surface area (Å²) in [5.74, 6) is 0. The Morgan fingerprint density at radius 3 is 2.25 bits per heavy atom. The van der Waals surface area contributed by atoms with Crippen molar-refractivity contribution < 1.29 is 0 Å². The minimum Gasteiger partial charge on any atom is -0.321 e. The van der Waals surface area contributed by atoms with E-state index in [9.17, 15) is 4.79 Å². The van der Waals surface area contributed by atoms with Gasteiger partial charge in [-0.2, -0.15) is 0 Å². The summed E-state index contributed by atoms with van der Waals surface area (Å²) in [6, 6.07) is 14.2. The number of aromatic amines is 1. The van der Waals surface area contributed by atoms with Crippen LogP contribution < -0.4 is 5.56 Å². The normalized spacial score (nSPS) is 10.9. The summed E-state index contributed by atoms with van der Waals surface area (Å²) in [6.45, 7) is 6.16. The van der Waals surface area contributed by atoms with Crippen LogP contribution in [0.15, 0.2) is 47.3 Å². The van der Waals surface area contributed by atoms with Crippen molar-refractivity contribution in [2.45, 2.75) is 20.8 Å². The molecule has 2 nitrogen and oxygen atoms in total. The standard InChI is InChI=1S/C18H17NO/c1-11-4-6-14(7-5-11)16-10-15-13(3)8-12(2)9-17(15)19-18(16)20/h4-10H,1-3H3,(H,19,20). The maximum atomic E-state index is 12.3. The zero-order chi connectivity index (χ0) is 14.3. The number of rotatable bonds is 1. The second-order valence-corrected chi connectivity index (χ2v) is 5.42. The third-order valence-electron chi connectivity index (χ3n) is 3.68. The lowest BCUT2D eigenvalue weighted by Gasteiger charge is -2.07. The number of hydrogen-bond donors (Lipinski definition) is 1. The van der Waals surface area contributed by atoms with Crippen molar-refractivity contribution in [2.24, 2.45) is 0 Å². The molecule has 20 heavy (non-hydrogen) atoms. The van der Waals surface area contributed by atoms with Gasteiger partial charge in [-0.25, -0.2) is 0 Å². The van der Waals surface area contributed by atoms with Gasteiger partial charge in [0.1, 0.15) is 0 Å². The quantitative estimate of drug-likeness (QED) is 0.703. The molecule has 0 atom stereocenters. The summed E-state index contributed by atoms with van der Waals surface area (Å²) in [5.41, 5.74) is 6.09. The van der Waals surface area contributed by atoms with E-state index in [1.165, 1.54) is 11.1 Å². The first-order chi connectivity index (χ1) is 9.54. The van der Waals surface area contributed by atoms with E-state index >= 15 is 0 Å². The van der Waals surface area contributed by atoms with E-state index in [4.69, 9.17) is 0 Å². The Balaban J connectivity index is 2.29. The monoisotopic (exact) mass is 263 g/mol. The first-order valence-electron chi connectivity index (χ1n) is 6.76. The number of benzene rings is 2. The van der Waals surface area contributed by atoms with Gasteiger partial charge in [-0.1, -0.05) is 35.9 Å². The number of hydrogen-bond acceptors (Lipinski definition) is 1. The lowest BCUT2D eigenvalue weighted by atomic mass is 10.0. The molecular formula is C18H17NO.